The number of allylic oxidation sites excluding steroid dienone is 1. The first-order valence-electron chi connectivity index (χ1n) is 27.6. The molecule has 21 unspecified atom stereocenters. The van der Waals surface area contributed by atoms with E-state index in [4.69, 9.17) is 37.9 Å². The van der Waals surface area contributed by atoms with E-state index in [9.17, 15) is 81.4 Å². The molecule has 2 spiro atoms. The molecular weight excluding hydrogens is 1020 g/mol. The number of aliphatic hydroxyl groups is 15. The molecule has 0 aromatic rings. The molecule has 77 heavy (non-hydrogen) atoms. The molecule has 5 saturated carbocycles. The summed E-state index contributed by atoms with van der Waals surface area (Å²) in [6.45, 7) is 9.78. The maximum Gasteiger partial charge on any atom is 0.335 e. The predicted octanol–water partition coefficient (Wildman–Crippen LogP) is -3.45. The monoisotopic (exact) mass is 1110 g/mol. The number of ether oxygens (including phenoxy) is 8. The van der Waals surface area contributed by atoms with Crippen LogP contribution in [0.5, 0.6) is 0 Å². The fourth-order valence-corrected chi connectivity index (χ4v) is 16.8. The Morgan fingerprint density at radius 1 is 0.610 bits per heavy atom. The second-order valence-corrected chi connectivity index (χ2v) is 25.2. The number of hydrogen-bond acceptors (Lipinski definition) is 24. The van der Waals surface area contributed by atoms with Gasteiger partial charge in [0.05, 0.1) is 44.7 Å². The fraction of sp³-hybridized carbons (Fsp3) is 0.943. The summed E-state index contributed by atoms with van der Waals surface area (Å²) >= 11 is 0. The lowest BCUT2D eigenvalue weighted by molar-refractivity contribution is -0.377. The SMILES string of the molecule is C/C(=C\CC[C@@H](C)[C@H]1CC(OC2OCC(O)C(O)C2O)[C@@]2(C)C3CC[C@H]4C(C)(C)[C@@H](O[C@@H]5OC(CO)C(O)C(O)C5OC5OC(CO)C(O)C(O)C5O)CC[C@@]45C[C@@]35CC(O)[C@]12C)C(=O)OC1OC(CO)C(O)C(O)C1O. The molecule has 24 nitrogen and oxygen atoms in total. The van der Waals surface area contributed by atoms with Gasteiger partial charge in [-0.3, -0.25) is 0 Å². The topological polar surface area (TPSA) is 394 Å². The molecule has 9 aliphatic rings. The highest BCUT2D eigenvalue weighted by molar-refractivity contribution is 5.87. The molecule has 24 heteroatoms. The molecule has 15 N–H and O–H groups in total. The van der Waals surface area contributed by atoms with Crippen molar-refractivity contribution in [3.8, 4) is 0 Å². The second-order valence-electron chi connectivity index (χ2n) is 25.2. The van der Waals surface area contributed by atoms with Crippen LogP contribution in [0.4, 0.5) is 0 Å². The van der Waals surface area contributed by atoms with E-state index < -0.39 is 177 Å². The smallest absolute Gasteiger partial charge is 0.335 e. The van der Waals surface area contributed by atoms with Crippen LogP contribution < -0.4 is 0 Å². The first-order valence-corrected chi connectivity index (χ1v) is 27.6. The third-order valence-corrected chi connectivity index (χ3v) is 21.4. The van der Waals surface area contributed by atoms with Crippen LogP contribution >= 0.6 is 0 Å². The molecule has 0 radical (unpaired) electrons. The van der Waals surface area contributed by atoms with Gasteiger partial charge in [-0.05, 0) is 105 Å². The molecule has 442 valence electrons. The molecule has 0 amide bonds. The van der Waals surface area contributed by atoms with Crippen molar-refractivity contribution >= 4 is 5.97 Å². The number of carbonyl (C=O) groups is 1. The van der Waals surface area contributed by atoms with Crippen LogP contribution in [-0.2, 0) is 42.7 Å². The zero-order chi connectivity index (χ0) is 56.2. The number of rotatable bonds is 15. The van der Waals surface area contributed by atoms with Crippen molar-refractivity contribution in [1.29, 1.82) is 0 Å². The summed E-state index contributed by atoms with van der Waals surface area (Å²) in [6, 6.07) is 0. The van der Waals surface area contributed by atoms with Crippen LogP contribution in [0.1, 0.15) is 99.3 Å². The van der Waals surface area contributed by atoms with Crippen molar-refractivity contribution in [3.63, 3.8) is 0 Å². The van der Waals surface area contributed by atoms with E-state index in [-0.39, 0.29) is 46.7 Å². The summed E-state index contributed by atoms with van der Waals surface area (Å²) in [4.78, 5) is 13.2. The van der Waals surface area contributed by atoms with Gasteiger partial charge in [-0.15, -0.1) is 0 Å². The minimum atomic E-state index is -1.83. The zero-order valence-corrected chi connectivity index (χ0v) is 44.7. The number of carbonyl (C=O) groups excluding carboxylic acids is 1. The Hall–Kier alpha value is -1.67. The molecular formula is C53H86O24. The van der Waals surface area contributed by atoms with Gasteiger partial charge in [0.15, 0.2) is 18.9 Å². The maximum atomic E-state index is 13.2. The molecule has 5 aliphatic carbocycles. The van der Waals surface area contributed by atoms with Gasteiger partial charge >= 0.3 is 5.97 Å². The quantitative estimate of drug-likeness (QED) is 0.0431. The summed E-state index contributed by atoms with van der Waals surface area (Å²) in [7, 11) is 0. The van der Waals surface area contributed by atoms with Crippen molar-refractivity contribution in [2.45, 2.75) is 234 Å². The Morgan fingerprint density at radius 2 is 1.16 bits per heavy atom. The number of hydrogen-bond donors (Lipinski definition) is 15. The van der Waals surface area contributed by atoms with E-state index in [0.29, 0.717) is 38.5 Å². The van der Waals surface area contributed by atoms with Crippen LogP contribution in [-0.4, -0.2) is 244 Å². The average Bonchev–Trinajstić information content (AvgIpc) is 2.85. The van der Waals surface area contributed by atoms with Crippen LogP contribution in [0.3, 0.4) is 0 Å². The van der Waals surface area contributed by atoms with Crippen LogP contribution in [0.25, 0.3) is 0 Å². The molecule has 9 fully saturated rings. The van der Waals surface area contributed by atoms with E-state index in [0.717, 1.165) is 19.3 Å². The second kappa shape index (κ2) is 22.2. The Bertz CT molecular complexity index is 2100. The third-order valence-electron chi connectivity index (χ3n) is 21.4. The van der Waals surface area contributed by atoms with Gasteiger partial charge in [0.2, 0.25) is 6.29 Å². The molecule has 0 bridgehead atoms. The largest absolute Gasteiger partial charge is 0.429 e. The molecule has 30 atom stereocenters. The number of fused-ring (bicyclic) bond motifs is 2. The summed E-state index contributed by atoms with van der Waals surface area (Å²) in [5.41, 5.74) is -2.57. The van der Waals surface area contributed by atoms with Crippen LogP contribution in [0.15, 0.2) is 11.6 Å². The van der Waals surface area contributed by atoms with Crippen molar-refractivity contribution in [2.24, 2.45) is 50.7 Å². The first-order chi connectivity index (χ1) is 36.2. The lowest BCUT2D eigenvalue weighted by Gasteiger charge is -2.65. The Balaban J connectivity index is 0.946. The molecule has 4 heterocycles. The van der Waals surface area contributed by atoms with Crippen LogP contribution in [0, 0.1) is 50.7 Å². The highest BCUT2D eigenvalue weighted by Crippen LogP contribution is 2.89. The molecule has 0 aromatic heterocycles. The minimum absolute atomic E-state index is 0.00867. The summed E-state index contributed by atoms with van der Waals surface area (Å²) in [6.07, 6.45) is -24.6. The Morgan fingerprint density at radius 3 is 1.78 bits per heavy atom. The summed E-state index contributed by atoms with van der Waals surface area (Å²) < 4.78 is 48.0. The average molecular weight is 1110 g/mol. The van der Waals surface area contributed by atoms with Crippen molar-refractivity contribution in [3.05, 3.63) is 11.6 Å². The van der Waals surface area contributed by atoms with Crippen molar-refractivity contribution in [2.75, 3.05) is 26.4 Å². The van der Waals surface area contributed by atoms with Gasteiger partial charge in [0.1, 0.15) is 91.6 Å². The third kappa shape index (κ3) is 9.59. The number of aliphatic hydroxyl groups excluding tert-OH is 15. The fourth-order valence-electron chi connectivity index (χ4n) is 16.8. The molecule has 4 saturated heterocycles. The van der Waals surface area contributed by atoms with Gasteiger partial charge in [0.25, 0.3) is 0 Å². The predicted molar refractivity (Wildman–Crippen MR) is 260 cm³/mol. The normalized spacial score (nSPS) is 53.8. The first kappa shape index (κ1) is 59.9. The Labute approximate surface area is 447 Å². The van der Waals surface area contributed by atoms with E-state index in [2.05, 4.69) is 34.6 Å². The van der Waals surface area contributed by atoms with Gasteiger partial charge in [-0.2, -0.15) is 0 Å². The van der Waals surface area contributed by atoms with Gasteiger partial charge in [-0.1, -0.05) is 40.7 Å². The van der Waals surface area contributed by atoms with E-state index in [1.807, 2.05) is 0 Å². The van der Waals surface area contributed by atoms with E-state index >= 15 is 0 Å². The van der Waals surface area contributed by atoms with E-state index in [1.165, 1.54) is 6.92 Å². The maximum absolute atomic E-state index is 13.2. The highest BCUT2D eigenvalue weighted by atomic mass is 16.8. The molecule has 9 rings (SSSR count). The van der Waals surface area contributed by atoms with Crippen molar-refractivity contribution in [1.82, 2.24) is 0 Å². The Kier molecular flexibility index (Phi) is 17.2. The van der Waals surface area contributed by atoms with Crippen LogP contribution in [0.2, 0.25) is 0 Å². The summed E-state index contributed by atoms with van der Waals surface area (Å²) in [5, 5.41) is 160. The standard InChI is InChI=1S/C53H86O24/c1-21(8-7-9-22(2)44(69)77-47-42(68)38(64)35(61)26(17-55)72-47)23-14-32(75-45-40(66)33(59)24(57)19-70-45)51(6)29-11-10-28-49(3,4)31(12-13-52(28)20-53(29,52)15-30(58)50(23,51)5)74-48-43(39(65)36(62)27(18-56)73-48)76-46-41(67)37(63)34(60)25(16-54)71-46/h9,21,23-43,45-48,54-68H,7-8,10-20H2,1-6H3/b22-9+/t21-,23-,24?,25?,26?,27?,28+,29?,30?,31+,32?,33?,34?,35?,36?,37?,38?,39?,40?,41?,42?,43?,45?,46?,47?,48+,50+,51-,52-,53+/m1/s1. The lowest BCUT2D eigenvalue weighted by atomic mass is 9.40. The van der Waals surface area contributed by atoms with Gasteiger partial charge in [-0.25, -0.2) is 4.79 Å². The minimum Gasteiger partial charge on any atom is -0.429 e. The lowest BCUT2D eigenvalue weighted by Crippen LogP contribution is -2.66. The number of esters is 1. The molecule has 0 aromatic carbocycles. The van der Waals surface area contributed by atoms with E-state index in [1.54, 1.807) is 6.08 Å². The van der Waals surface area contributed by atoms with Crippen molar-refractivity contribution < 1.29 is 119 Å². The summed E-state index contributed by atoms with van der Waals surface area (Å²) in [5.74, 6) is -1.06. The zero-order valence-electron chi connectivity index (χ0n) is 44.7. The van der Waals surface area contributed by atoms with Gasteiger partial charge < -0.3 is 114 Å². The molecule has 4 aliphatic heterocycles. The highest BCUT2D eigenvalue weighted by Gasteiger charge is 2.85. The van der Waals surface area contributed by atoms with Gasteiger partial charge in [0, 0.05) is 16.4 Å².